The van der Waals surface area contributed by atoms with Gasteiger partial charge in [0.25, 0.3) is 0 Å². The van der Waals surface area contributed by atoms with Crippen molar-refractivity contribution < 1.29 is 13.6 Å². The molecule has 0 atom stereocenters. The van der Waals surface area contributed by atoms with Crippen molar-refractivity contribution in [3.63, 3.8) is 0 Å². The first-order valence-corrected chi connectivity index (χ1v) is 5.25. The zero-order chi connectivity index (χ0) is 9.82. The van der Waals surface area contributed by atoms with E-state index in [-0.39, 0.29) is 0 Å². The first kappa shape index (κ1) is 14.5. The molecule has 5 heteroatoms. The van der Waals surface area contributed by atoms with Gasteiger partial charge in [-0.1, -0.05) is 6.92 Å². The molecule has 0 aliphatic carbocycles. The molecule has 0 bridgehead atoms. The van der Waals surface area contributed by atoms with Gasteiger partial charge < -0.3 is 5.73 Å². The van der Waals surface area contributed by atoms with Crippen LogP contribution in [0.4, 0.5) is 0 Å². The second-order valence-electron chi connectivity index (χ2n) is 1.85. The summed E-state index contributed by atoms with van der Waals surface area (Å²) in [5, 5.41) is 0. The lowest BCUT2D eigenvalue weighted by Crippen LogP contribution is -1.93. The van der Waals surface area contributed by atoms with E-state index >= 15 is 0 Å². The van der Waals surface area contributed by atoms with E-state index in [4.69, 9.17) is 5.73 Å². The third kappa shape index (κ3) is 16.5. The minimum Gasteiger partial charge on any atom is -0.330 e. The van der Waals surface area contributed by atoms with Crippen molar-refractivity contribution in [1.82, 2.24) is 0 Å². The molecular formula is C7H19NO3P+. The van der Waals surface area contributed by atoms with Crippen LogP contribution in [-0.4, -0.2) is 19.8 Å². The molecule has 0 radical (unpaired) electrons. The van der Waals surface area contributed by atoms with E-state index in [1.165, 1.54) is 0 Å². The van der Waals surface area contributed by atoms with Gasteiger partial charge in [0.1, 0.15) is 13.2 Å². The Bertz CT molecular complexity index is 90.7. The minimum atomic E-state index is -1.83. The van der Waals surface area contributed by atoms with Crippen LogP contribution in [0.25, 0.3) is 0 Å². The zero-order valence-corrected chi connectivity index (χ0v) is 8.97. The number of hydrogen-bond acceptors (Lipinski definition) is 4. The maximum Gasteiger partial charge on any atom is 0.697 e. The van der Waals surface area contributed by atoms with Gasteiger partial charge in [-0.3, -0.25) is 0 Å². The molecule has 0 aliphatic rings. The molecule has 0 aromatic carbocycles. The van der Waals surface area contributed by atoms with E-state index in [2.05, 4.69) is 16.0 Å². The van der Waals surface area contributed by atoms with Gasteiger partial charge in [-0.05, 0) is 26.8 Å². The van der Waals surface area contributed by atoms with Crippen LogP contribution >= 0.6 is 8.25 Å². The highest BCUT2D eigenvalue weighted by atomic mass is 31.1. The second-order valence-corrected chi connectivity index (χ2v) is 2.81. The van der Waals surface area contributed by atoms with Gasteiger partial charge in [0.2, 0.25) is 0 Å². The normalized spacial score (nSPS) is 8.67. The lowest BCUT2D eigenvalue weighted by atomic mass is 10.5. The van der Waals surface area contributed by atoms with E-state index in [0.29, 0.717) is 13.2 Å². The second kappa shape index (κ2) is 13.6. The van der Waals surface area contributed by atoms with Crippen LogP contribution in [-0.2, 0) is 13.6 Å². The standard InChI is InChI=1S/C4H10O3P.C3H9N/c1-3-6-8(5)7-4-2;1-2-3-4/h3-4H2,1-2H3;2-4H2,1H3/q+1;. The molecular weight excluding hydrogens is 177 g/mol. The molecule has 0 saturated carbocycles. The summed E-state index contributed by atoms with van der Waals surface area (Å²) in [4.78, 5) is 0. The monoisotopic (exact) mass is 196 g/mol. The molecule has 4 nitrogen and oxygen atoms in total. The summed E-state index contributed by atoms with van der Waals surface area (Å²) in [7, 11) is -1.83. The molecule has 0 aliphatic heterocycles. The maximum atomic E-state index is 10.3. The Balaban J connectivity index is 0. The van der Waals surface area contributed by atoms with Gasteiger partial charge in [-0.2, -0.15) is 0 Å². The van der Waals surface area contributed by atoms with Crippen molar-refractivity contribution in [2.24, 2.45) is 5.73 Å². The van der Waals surface area contributed by atoms with Crippen molar-refractivity contribution >= 4 is 8.25 Å². The molecule has 2 N–H and O–H groups in total. The smallest absolute Gasteiger partial charge is 0.330 e. The fourth-order valence-electron chi connectivity index (χ4n) is 0.248. The summed E-state index contributed by atoms with van der Waals surface area (Å²) >= 11 is 0. The van der Waals surface area contributed by atoms with E-state index < -0.39 is 8.25 Å². The molecule has 0 unspecified atom stereocenters. The predicted octanol–water partition coefficient (Wildman–Crippen LogP) is 2.07. The molecule has 0 aromatic rings. The van der Waals surface area contributed by atoms with Crippen molar-refractivity contribution in [3.8, 4) is 0 Å². The van der Waals surface area contributed by atoms with Crippen LogP contribution in [0.15, 0.2) is 0 Å². The fraction of sp³-hybridized carbons (Fsp3) is 1.00. The van der Waals surface area contributed by atoms with Gasteiger partial charge in [-0.25, -0.2) is 0 Å². The molecule has 0 fully saturated rings. The summed E-state index contributed by atoms with van der Waals surface area (Å²) in [6.45, 7) is 7.29. The molecule has 0 rings (SSSR count). The lowest BCUT2D eigenvalue weighted by Gasteiger charge is -1.78. The third-order valence-corrected chi connectivity index (χ3v) is 1.70. The van der Waals surface area contributed by atoms with Gasteiger partial charge >= 0.3 is 8.25 Å². The van der Waals surface area contributed by atoms with Crippen molar-refractivity contribution in [2.45, 2.75) is 27.2 Å². The molecule has 0 heterocycles. The zero-order valence-electron chi connectivity index (χ0n) is 8.08. The average molecular weight is 196 g/mol. The fourth-order valence-corrected chi connectivity index (χ4v) is 0.744. The Labute approximate surface area is 75.4 Å². The highest BCUT2D eigenvalue weighted by Crippen LogP contribution is 2.21. The molecule has 12 heavy (non-hydrogen) atoms. The van der Waals surface area contributed by atoms with E-state index in [0.717, 1.165) is 13.0 Å². The Morgan fingerprint density at radius 2 is 1.50 bits per heavy atom. The van der Waals surface area contributed by atoms with Crippen molar-refractivity contribution in [2.75, 3.05) is 19.8 Å². The third-order valence-electron chi connectivity index (χ3n) is 0.758. The van der Waals surface area contributed by atoms with Gasteiger partial charge in [0.05, 0.1) is 0 Å². The van der Waals surface area contributed by atoms with Gasteiger partial charge in [0, 0.05) is 4.57 Å². The van der Waals surface area contributed by atoms with Gasteiger partial charge in [0.15, 0.2) is 0 Å². The van der Waals surface area contributed by atoms with Crippen LogP contribution in [0, 0.1) is 0 Å². The first-order valence-electron chi connectivity index (χ1n) is 4.15. The number of rotatable bonds is 5. The van der Waals surface area contributed by atoms with Crippen LogP contribution < -0.4 is 5.73 Å². The Morgan fingerprint density at radius 3 is 1.67 bits per heavy atom. The molecule has 74 valence electrons. The van der Waals surface area contributed by atoms with E-state index in [1.54, 1.807) is 13.8 Å². The maximum absolute atomic E-state index is 10.3. The lowest BCUT2D eigenvalue weighted by molar-refractivity contribution is 0.243. The quantitative estimate of drug-likeness (QED) is 0.684. The average Bonchev–Trinajstić information content (AvgIpc) is 2.06. The highest BCUT2D eigenvalue weighted by molar-refractivity contribution is 7.33. The van der Waals surface area contributed by atoms with Crippen LogP contribution in [0.1, 0.15) is 27.2 Å². The van der Waals surface area contributed by atoms with Crippen molar-refractivity contribution in [1.29, 1.82) is 0 Å². The minimum absolute atomic E-state index is 0.440. The Kier molecular flexibility index (Phi) is 16.4. The Morgan fingerprint density at radius 1 is 1.17 bits per heavy atom. The molecule has 0 aromatic heterocycles. The summed E-state index contributed by atoms with van der Waals surface area (Å²) in [5.74, 6) is 0. The summed E-state index contributed by atoms with van der Waals surface area (Å²) in [5.41, 5.74) is 5.03. The molecule has 0 spiro atoms. The summed E-state index contributed by atoms with van der Waals surface area (Å²) in [6, 6.07) is 0. The summed E-state index contributed by atoms with van der Waals surface area (Å²) < 4.78 is 19.5. The predicted molar refractivity (Wildman–Crippen MR) is 50.2 cm³/mol. The van der Waals surface area contributed by atoms with Crippen LogP contribution in [0.3, 0.4) is 0 Å². The van der Waals surface area contributed by atoms with E-state index in [1.807, 2.05) is 0 Å². The van der Waals surface area contributed by atoms with Gasteiger partial charge in [-0.15, -0.1) is 9.05 Å². The largest absolute Gasteiger partial charge is 0.697 e. The van der Waals surface area contributed by atoms with Crippen molar-refractivity contribution in [3.05, 3.63) is 0 Å². The topological polar surface area (TPSA) is 61.5 Å². The molecule has 0 amide bonds. The van der Waals surface area contributed by atoms with E-state index in [9.17, 15) is 4.57 Å². The Hall–Kier alpha value is -0.0200. The van der Waals surface area contributed by atoms with Crippen LogP contribution in [0.5, 0.6) is 0 Å². The SMILES string of the molecule is CCCN.CCO[P+](=O)OCC. The van der Waals surface area contributed by atoms with Crippen LogP contribution in [0.2, 0.25) is 0 Å². The summed E-state index contributed by atoms with van der Waals surface area (Å²) in [6.07, 6.45) is 1.10. The molecule has 0 saturated heterocycles. The number of nitrogens with two attached hydrogens (primary N) is 1. The highest BCUT2D eigenvalue weighted by Gasteiger charge is 2.15. The number of hydrogen-bond donors (Lipinski definition) is 1. The first-order chi connectivity index (χ1) is 5.72.